The van der Waals surface area contributed by atoms with E-state index >= 15 is 0 Å². The number of nitrogens with zero attached hydrogens (tertiary/aromatic N) is 1. The molecule has 0 spiro atoms. The zero-order valence-corrected chi connectivity index (χ0v) is 11.8. The summed E-state index contributed by atoms with van der Waals surface area (Å²) in [5.41, 5.74) is 7.72. The summed E-state index contributed by atoms with van der Waals surface area (Å²) in [5, 5.41) is 0.666. The monoisotopic (exact) mass is 312 g/mol. The number of nitrogens with two attached hydrogens (primary N) is 1. The molecule has 0 amide bonds. The molecule has 2 rings (SSSR count). The lowest BCUT2D eigenvalue weighted by atomic mass is 10.1. The van der Waals surface area contributed by atoms with Gasteiger partial charge in [-0.25, -0.2) is 4.98 Å². The van der Waals surface area contributed by atoms with Crippen molar-refractivity contribution in [3.63, 3.8) is 0 Å². The molecule has 1 aromatic carbocycles. The van der Waals surface area contributed by atoms with Crippen LogP contribution >= 0.6 is 27.7 Å². The zero-order valence-electron chi connectivity index (χ0n) is 9.44. The summed E-state index contributed by atoms with van der Waals surface area (Å²) in [6, 6.07) is 6.17. The summed E-state index contributed by atoms with van der Waals surface area (Å²) in [7, 11) is 0. The molecular weight excluding hydrogens is 300 g/mol. The summed E-state index contributed by atoms with van der Waals surface area (Å²) < 4.78 is 6.39. The van der Waals surface area contributed by atoms with Crippen molar-refractivity contribution in [1.29, 1.82) is 0 Å². The number of aromatic nitrogens is 1. The number of benzene rings is 1. The Labute approximate surface area is 113 Å². The Morgan fingerprint density at radius 2 is 2.29 bits per heavy atom. The fourth-order valence-corrected chi connectivity index (χ4v) is 2.93. The van der Waals surface area contributed by atoms with Gasteiger partial charge in [0.1, 0.15) is 6.26 Å². The minimum Gasteiger partial charge on any atom is -0.439 e. The van der Waals surface area contributed by atoms with E-state index in [1.807, 2.05) is 13.0 Å². The predicted octanol–water partition coefficient (Wildman–Crippen LogP) is 3.40. The third-order valence-corrected chi connectivity index (χ3v) is 3.69. The van der Waals surface area contributed by atoms with Crippen molar-refractivity contribution in [3.05, 3.63) is 40.2 Å². The first-order chi connectivity index (χ1) is 8.19. The smallest absolute Gasteiger partial charge is 0.260 e. The van der Waals surface area contributed by atoms with Crippen LogP contribution in [0.4, 0.5) is 0 Å². The first-order valence-corrected chi connectivity index (χ1v) is 6.88. The summed E-state index contributed by atoms with van der Waals surface area (Å²) in [5.74, 6) is 0. The van der Waals surface area contributed by atoms with Gasteiger partial charge in [-0.2, -0.15) is 0 Å². The second-order valence-electron chi connectivity index (χ2n) is 3.65. The van der Waals surface area contributed by atoms with Crippen LogP contribution < -0.4 is 5.73 Å². The molecule has 5 heteroatoms. The van der Waals surface area contributed by atoms with Gasteiger partial charge in [0.25, 0.3) is 5.22 Å². The second kappa shape index (κ2) is 5.71. The quantitative estimate of drug-likeness (QED) is 0.940. The van der Waals surface area contributed by atoms with Gasteiger partial charge in [-0.1, -0.05) is 22.0 Å². The van der Waals surface area contributed by atoms with Gasteiger partial charge in [0.05, 0.1) is 5.69 Å². The van der Waals surface area contributed by atoms with Gasteiger partial charge in [-0.3, -0.25) is 0 Å². The van der Waals surface area contributed by atoms with Crippen molar-refractivity contribution in [1.82, 2.24) is 4.98 Å². The molecule has 0 unspecified atom stereocenters. The van der Waals surface area contributed by atoms with E-state index < -0.39 is 0 Å². The highest BCUT2D eigenvalue weighted by Gasteiger charge is 2.08. The van der Waals surface area contributed by atoms with Crippen molar-refractivity contribution in [3.8, 4) is 0 Å². The van der Waals surface area contributed by atoms with E-state index in [9.17, 15) is 0 Å². The molecule has 2 aromatic rings. The zero-order chi connectivity index (χ0) is 12.3. The van der Waals surface area contributed by atoms with Gasteiger partial charge in [0, 0.05) is 9.37 Å². The van der Waals surface area contributed by atoms with E-state index in [4.69, 9.17) is 10.2 Å². The highest BCUT2D eigenvalue weighted by Crippen LogP contribution is 2.32. The molecule has 17 heavy (non-hydrogen) atoms. The van der Waals surface area contributed by atoms with Crippen LogP contribution in [0.5, 0.6) is 0 Å². The third-order valence-electron chi connectivity index (χ3n) is 2.24. The topological polar surface area (TPSA) is 52.0 Å². The van der Waals surface area contributed by atoms with Gasteiger partial charge in [0.2, 0.25) is 0 Å². The number of hydrogen-bond donors (Lipinski definition) is 1. The van der Waals surface area contributed by atoms with E-state index in [2.05, 4.69) is 33.0 Å². The van der Waals surface area contributed by atoms with Crippen molar-refractivity contribution in [2.24, 2.45) is 5.73 Å². The van der Waals surface area contributed by atoms with Crippen molar-refractivity contribution in [2.75, 3.05) is 6.54 Å². The van der Waals surface area contributed by atoms with Crippen LogP contribution in [0.15, 0.2) is 43.5 Å². The average Bonchev–Trinajstić information content (AvgIpc) is 2.68. The predicted molar refractivity (Wildman–Crippen MR) is 72.3 cm³/mol. The van der Waals surface area contributed by atoms with E-state index in [1.54, 1.807) is 6.26 Å². The Kier molecular flexibility index (Phi) is 4.25. The maximum absolute atomic E-state index is 5.60. The summed E-state index contributed by atoms with van der Waals surface area (Å²) in [6.07, 6.45) is 2.51. The molecule has 0 radical (unpaired) electrons. The number of hydrogen-bond acceptors (Lipinski definition) is 4. The van der Waals surface area contributed by atoms with Crippen LogP contribution in [0, 0.1) is 6.92 Å². The summed E-state index contributed by atoms with van der Waals surface area (Å²) >= 11 is 5.00. The molecule has 0 aliphatic rings. The lowest BCUT2D eigenvalue weighted by Crippen LogP contribution is -2.03. The molecule has 0 fully saturated rings. The van der Waals surface area contributed by atoms with Crippen molar-refractivity contribution < 1.29 is 4.42 Å². The Bertz CT molecular complexity index is 513. The standard InChI is InChI=1S/C12H13BrN2OS/c1-8-7-16-12(15-8)17-11-6-10(13)3-2-9(11)4-5-14/h2-3,6-7H,4-5,14H2,1H3. The molecule has 1 heterocycles. The molecule has 0 aliphatic carbocycles. The normalized spacial score (nSPS) is 10.8. The molecule has 0 bridgehead atoms. The number of rotatable bonds is 4. The van der Waals surface area contributed by atoms with Crippen LogP contribution in [-0.2, 0) is 6.42 Å². The molecule has 0 saturated carbocycles. The highest BCUT2D eigenvalue weighted by atomic mass is 79.9. The van der Waals surface area contributed by atoms with Crippen LogP contribution in [-0.4, -0.2) is 11.5 Å². The van der Waals surface area contributed by atoms with E-state index in [-0.39, 0.29) is 0 Å². The van der Waals surface area contributed by atoms with Crippen LogP contribution in [0.3, 0.4) is 0 Å². The molecule has 3 nitrogen and oxygen atoms in total. The lowest BCUT2D eigenvalue weighted by Gasteiger charge is -2.06. The van der Waals surface area contributed by atoms with Gasteiger partial charge < -0.3 is 10.2 Å². The Morgan fingerprint density at radius 1 is 1.47 bits per heavy atom. The number of halogens is 1. The maximum atomic E-state index is 5.60. The van der Waals surface area contributed by atoms with Crippen LogP contribution in [0.25, 0.3) is 0 Å². The van der Waals surface area contributed by atoms with E-state index in [0.717, 1.165) is 21.5 Å². The third kappa shape index (κ3) is 3.34. The van der Waals surface area contributed by atoms with Crippen molar-refractivity contribution in [2.45, 2.75) is 23.5 Å². The maximum Gasteiger partial charge on any atom is 0.260 e. The summed E-state index contributed by atoms with van der Waals surface area (Å²) in [4.78, 5) is 5.42. The highest BCUT2D eigenvalue weighted by molar-refractivity contribution is 9.10. The minimum absolute atomic E-state index is 0.639. The van der Waals surface area contributed by atoms with Gasteiger partial charge >= 0.3 is 0 Å². The van der Waals surface area contributed by atoms with E-state index in [0.29, 0.717) is 11.8 Å². The molecule has 1 aromatic heterocycles. The number of aryl methyl sites for hydroxylation is 1. The SMILES string of the molecule is Cc1coc(Sc2cc(Br)ccc2CCN)n1. The lowest BCUT2D eigenvalue weighted by molar-refractivity contribution is 0.454. The fraction of sp³-hybridized carbons (Fsp3) is 0.250. The first-order valence-electron chi connectivity index (χ1n) is 5.27. The molecular formula is C12H13BrN2OS. The van der Waals surface area contributed by atoms with Gasteiger partial charge in [-0.15, -0.1) is 0 Å². The number of oxazole rings is 1. The molecule has 0 aliphatic heterocycles. The Morgan fingerprint density at radius 3 is 2.94 bits per heavy atom. The Balaban J connectivity index is 2.26. The molecule has 90 valence electrons. The minimum atomic E-state index is 0.639. The molecule has 2 N–H and O–H groups in total. The fourth-order valence-electron chi connectivity index (χ4n) is 1.46. The van der Waals surface area contributed by atoms with Gasteiger partial charge in [0.15, 0.2) is 0 Å². The van der Waals surface area contributed by atoms with Crippen LogP contribution in [0.1, 0.15) is 11.3 Å². The molecule has 0 saturated heterocycles. The largest absolute Gasteiger partial charge is 0.439 e. The van der Waals surface area contributed by atoms with Gasteiger partial charge in [-0.05, 0) is 49.3 Å². The van der Waals surface area contributed by atoms with E-state index in [1.165, 1.54) is 17.3 Å². The second-order valence-corrected chi connectivity index (χ2v) is 5.56. The van der Waals surface area contributed by atoms with Crippen LogP contribution in [0.2, 0.25) is 0 Å². The first kappa shape index (κ1) is 12.7. The Hall–Kier alpha value is -0.780. The van der Waals surface area contributed by atoms with Crippen molar-refractivity contribution >= 4 is 27.7 Å². The average molecular weight is 313 g/mol. The summed E-state index contributed by atoms with van der Waals surface area (Å²) in [6.45, 7) is 2.55. The molecule has 0 atom stereocenters.